The van der Waals surface area contributed by atoms with E-state index in [1.54, 1.807) is 13.8 Å². The van der Waals surface area contributed by atoms with E-state index in [4.69, 9.17) is 0 Å². The largest absolute Gasteiger partial charge is 0.396 e. The minimum atomic E-state index is -3.66. The second-order valence-corrected chi connectivity index (χ2v) is 8.45. The Morgan fingerprint density at radius 1 is 1.12 bits per heavy atom. The maximum absolute atomic E-state index is 12.8. The third-order valence-corrected chi connectivity index (χ3v) is 6.40. The molecule has 0 bridgehead atoms. The van der Waals surface area contributed by atoms with E-state index in [1.165, 1.54) is 0 Å². The lowest BCUT2D eigenvalue weighted by atomic mass is 10.00. The van der Waals surface area contributed by atoms with Crippen LogP contribution in [0.3, 0.4) is 0 Å². The minimum Gasteiger partial charge on any atom is -0.396 e. The lowest BCUT2D eigenvalue weighted by Gasteiger charge is -2.17. The van der Waals surface area contributed by atoms with Crippen LogP contribution in [-0.2, 0) is 10.0 Å². The van der Waals surface area contributed by atoms with Gasteiger partial charge >= 0.3 is 0 Å². The van der Waals surface area contributed by atoms with Gasteiger partial charge in [-0.2, -0.15) is 0 Å². The van der Waals surface area contributed by atoms with Crippen LogP contribution in [0.1, 0.15) is 28.2 Å². The normalized spacial score (nSPS) is 13.2. The van der Waals surface area contributed by atoms with Gasteiger partial charge in [0.2, 0.25) is 10.0 Å². The number of benzene rings is 2. The van der Waals surface area contributed by atoms with Gasteiger partial charge in [-0.15, -0.1) is 0 Å². The van der Waals surface area contributed by atoms with Crippen LogP contribution in [0.2, 0.25) is 0 Å². The van der Waals surface area contributed by atoms with E-state index in [0.717, 1.165) is 33.2 Å². The van der Waals surface area contributed by atoms with E-state index in [9.17, 15) is 13.5 Å². The number of fused-ring (bicyclic) bond motifs is 1. The maximum Gasteiger partial charge on any atom is 0.241 e. The number of para-hydroxylation sites is 1. The molecule has 1 heterocycles. The van der Waals surface area contributed by atoms with Gasteiger partial charge in [0.15, 0.2) is 0 Å². The average molecular weight is 372 g/mol. The molecule has 0 amide bonds. The standard InChI is InChI=1S/C20H24N2O3S/c1-13-8-14(2)20(15(3)9-13)26(24,25)22-10-16(12-23)18-11-21-19-7-5-4-6-17(18)19/h4-9,11,16,21-23H,10,12H2,1-3H3. The van der Waals surface area contributed by atoms with Gasteiger partial charge in [0.05, 0.1) is 11.5 Å². The smallest absolute Gasteiger partial charge is 0.241 e. The van der Waals surface area contributed by atoms with Gasteiger partial charge in [-0.25, -0.2) is 13.1 Å². The monoisotopic (exact) mass is 372 g/mol. The summed E-state index contributed by atoms with van der Waals surface area (Å²) in [5.41, 5.74) is 4.36. The van der Waals surface area contributed by atoms with Crippen LogP contribution in [0.25, 0.3) is 10.9 Å². The summed E-state index contributed by atoms with van der Waals surface area (Å²) < 4.78 is 28.4. The zero-order valence-electron chi connectivity index (χ0n) is 15.2. The Labute approximate surface area is 154 Å². The Morgan fingerprint density at radius 2 is 1.77 bits per heavy atom. The fourth-order valence-corrected chi connectivity index (χ4v) is 5.11. The van der Waals surface area contributed by atoms with Crippen LogP contribution in [0, 0.1) is 20.8 Å². The molecule has 3 N–H and O–H groups in total. The Kier molecular flexibility index (Phi) is 5.18. The van der Waals surface area contributed by atoms with Gasteiger partial charge in [0.1, 0.15) is 0 Å². The van der Waals surface area contributed by atoms with Crippen molar-refractivity contribution in [3.63, 3.8) is 0 Å². The summed E-state index contributed by atoms with van der Waals surface area (Å²) in [6.45, 7) is 5.54. The molecule has 1 atom stereocenters. The maximum atomic E-state index is 12.8. The lowest BCUT2D eigenvalue weighted by Crippen LogP contribution is -2.30. The van der Waals surface area contributed by atoms with Crippen molar-refractivity contribution in [2.75, 3.05) is 13.2 Å². The summed E-state index contributed by atoms with van der Waals surface area (Å²) in [4.78, 5) is 3.49. The summed E-state index contributed by atoms with van der Waals surface area (Å²) in [6.07, 6.45) is 1.84. The van der Waals surface area contributed by atoms with E-state index in [2.05, 4.69) is 9.71 Å². The molecule has 0 saturated heterocycles. The molecule has 0 radical (unpaired) electrons. The molecule has 1 aromatic heterocycles. The van der Waals surface area contributed by atoms with E-state index >= 15 is 0 Å². The molecule has 0 aliphatic rings. The number of sulfonamides is 1. The van der Waals surface area contributed by atoms with Gasteiger partial charge in [0.25, 0.3) is 0 Å². The Morgan fingerprint density at radius 3 is 2.42 bits per heavy atom. The van der Waals surface area contributed by atoms with Crippen molar-refractivity contribution < 1.29 is 13.5 Å². The lowest BCUT2D eigenvalue weighted by molar-refractivity contribution is 0.266. The van der Waals surface area contributed by atoms with Crippen LogP contribution in [0.4, 0.5) is 0 Å². The van der Waals surface area contributed by atoms with Crippen molar-refractivity contribution in [2.45, 2.75) is 31.6 Å². The molecule has 0 aliphatic carbocycles. The molecule has 0 saturated carbocycles. The predicted octanol–water partition coefficient (Wildman–Crippen LogP) is 3.15. The second kappa shape index (κ2) is 7.23. The number of aromatic nitrogens is 1. The zero-order valence-corrected chi connectivity index (χ0v) is 16.0. The predicted molar refractivity (Wildman–Crippen MR) is 104 cm³/mol. The number of hydrogen-bond donors (Lipinski definition) is 3. The average Bonchev–Trinajstić information content (AvgIpc) is 2.98. The quantitative estimate of drug-likeness (QED) is 0.622. The number of nitrogens with one attached hydrogen (secondary N) is 2. The first-order chi connectivity index (χ1) is 12.3. The van der Waals surface area contributed by atoms with Crippen molar-refractivity contribution in [3.8, 4) is 0 Å². The van der Waals surface area contributed by atoms with Gasteiger partial charge in [-0.05, 0) is 43.5 Å². The summed E-state index contributed by atoms with van der Waals surface area (Å²) in [5.74, 6) is -0.327. The van der Waals surface area contributed by atoms with Crippen LogP contribution in [0.5, 0.6) is 0 Å². The molecule has 26 heavy (non-hydrogen) atoms. The third-order valence-electron chi connectivity index (χ3n) is 4.67. The Bertz CT molecular complexity index is 1020. The number of H-pyrrole nitrogens is 1. The molecule has 1 unspecified atom stereocenters. The molecule has 2 aromatic carbocycles. The van der Waals surface area contributed by atoms with Gasteiger partial charge in [-0.3, -0.25) is 0 Å². The molecule has 138 valence electrons. The highest BCUT2D eigenvalue weighted by Crippen LogP contribution is 2.26. The summed E-state index contributed by atoms with van der Waals surface area (Å²) in [6, 6.07) is 11.5. The topological polar surface area (TPSA) is 82.2 Å². The fraction of sp³-hybridized carbons (Fsp3) is 0.300. The van der Waals surface area contributed by atoms with Crippen molar-refractivity contribution >= 4 is 20.9 Å². The summed E-state index contributed by atoms with van der Waals surface area (Å²) in [7, 11) is -3.66. The van der Waals surface area contributed by atoms with Gasteiger partial charge in [0, 0.05) is 29.6 Å². The van der Waals surface area contributed by atoms with E-state index in [1.807, 2.05) is 49.5 Å². The highest BCUT2D eigenvalue weighted by Gasteiger charge is 2.23. The molecule has 0 aliphatic heterocycles. The number of aromatic amines is 1. The fourth-order valence-electron chi connectivity index (χ4n) is 3.58. The molecule has 6 heteroatoms. The molecule has 0 spiro atoms. The molecule has 3 aromatic rings. The molecular weight excluding hydrogens is 348 g/mol. The summed E-state index contributed by atoms with van der Waals surface area (Å²) >= 11 is 0. The minimum absolute atomic E-state index is 0.132. The van der Waals surface area contributed by atoms with E-state index < -0.39 is 10.0 Å². The number of hydrogen-bond acceptors (Lipinski definition) is 3. The Balaban J connectivity index is 1.87. The second-order valence-electron chi connectivity index (χ2n) is 6.75. The molecule has 3 rings (SSSR count). The van der Waals surface area contributed by atoms with Gasteiger partial charge in [-0.1, -0.05) is 35.9 Å². The van der Waals surface area contributed by atoms with Crippen LogP contribution in [0.15, 0.2) is 47.5 Å². The van der Waals surface area contributed by atoms with Crippen LogP contribution >= 0.6 is 0 Å². The summed E-state index contributed by atoms with van der Waals surface area (Å²) in [5, 5.41) is 10.8. The highest BCUT2D eigenvalue weighted by atomic mass is 32.2. The van der Waals surface area contributed by atoms with Crippen molar-refractivity contribution in [3.05, 3.63) is 64.8 Å². The first kappa shape index (κ1) is 18.6. The highest BCUT2D eigenvalue weighted by molar-refractivity contribution is 7.89. The van der Waals surface area contributed by atoms with E-state index in [-0.39, 0.29) is 19.1 Å². The van der Waals surface area contributed by atoms with Crippen LogP contribution in [-0.4, -0.2) is 31.7 Å². The first-order valence-corrected chi connectivity index (χ1v) is 10.1. The first-order valence-electron chi connectivity index (χ1n) is 8.58. The Hall–Kier alpha value is -2.15. The van der Waals surface area contributed by atoms with Crippen molar-refractivity contribution in [2.24, 2.45) is 0 Å². The van der Waals surface area contributed by atoms with Gasteiger partial charge < -0.3 is 10.1 Å². The SMILES string of the molecule is Cc1cc(C)c(S(=O)(=O)NCC(CO)c2c[nH]c3ccccc23)c(C)c1. The molecule has 0 fully saturated rings. The molecule has 5 nitrogen and oxygen atoms in total. The van der Waals surface area contributed by atoms with Crippen LogP contribution < -0.4 is 4.72 Å². The zero-order chi connectivity index (χ0) is 18.9. The number of aliphatic hydroxyl groups excluding tert-OH is 1. The third kappa shape index (κ3) is 3.53. The number of rotatable bonds is 6. The number of aryl methyl sites for hydroxylation is 3. The van der Waals surface area contributed by atoms with Crippen molar-refractivity contribution in [1.82, 2.24) is 9.71 Å². The van der Waals surface area contributed by atoms with Crippen molar-refractivity contribution in [1.29, 1.82) is 0 Å². The number of aliphatic hydroxyl groups is 1. The van der Waals surface area contributed by atoms with E-state index in [0.29, 0.717) is 4.90 Å². The molecular formula is C20H24N2O3S.